The molecular weight excluding hydrogens is 368 g/mol. The van der Waals surface area contributed by atoms with Crippen LogP contribution >= 0.6 is 0 Å². The lowest BCUT2D eigenvalue weighted by atomic mass is 9.88. The Balaban J connectivity index is 0.000000604. The predicted molar refractivity (Wildman–Crippen MR) is 92.5 cm³/mol. The molecule has 2 fully saturated rings. The van der Waals surface area contributed by atoms with Gasteiger partial charge >= 0.3 is 0 Å². The van der Waals surface area contributed by atoms with Crippen LogP contribution in [-0.2, 0) is 20.7 Å². The molecule has 0 aromatic carbocycles. The van der Waals surface area contributed by atoms with Crippen molar-refractivity contribution < 1.29 is 19.4 Å². The van der Waals surface area contributed by atoms with Gasteiger partial charge in [-0.15, -0.1) is 20.4 Å². The summed E-state index contributed by atoms with van der Waals surface area (Å²) in [6, 6.07) is 3.62. The minimum absolute atomic E-state index is 0.00342. The molecule has 2 saturated heterocycles. The van der Waals surface area contributed by atoms with E-state index in [1.165, 1.54) is 6.33 Å². The number of carbonyl (C=O) groups is 2. The van der Waals surface area contributed by atoms with Crippen molar-refractivity contribution in [1.82, 2.24) is 34.6 Å². The first-order chi connectivity index (χ1) is 13.6. The zero-order chi connectivity index (χ0) is 19.7. The van der Waals surface area contributed by atoms with Crippen molar-refractivity contribution in [3.63, 3.8) is 0 Å². The van der Waals surface area contributed by atoms with Gasteiger partial charge in [-0.05, 0) is 31.4 Å². The third kappa shape index (κ3) is 3.29. The molecule has 0 radical (unpaired) electrons. The average molecular weight is 386 g/mol. The smallest absolute Gasteiger partial charge is 0.290 e. The number of carboxylic acid groups (broad SMARTS) is 1. The summed E-state index contributed by atoms with van der Waals surface area (Å²) >= 11 is 0. The van der Waals surface area contributed by atoms with E-state index in [1.54, 1.807) is 9.20 Å². The number of amides is 1. The molecular formula is C16H18N8O4. The highest BCUT2D eigenvalue weighted by molar-refractivity contribution is 5.75. The van der Waals surface area contributed by atoms with Gasteiger partial charge in [-0.3, -0.25) is 9.59 Å². The number of carbonyl (C=O) groups excluding carboxylic acids is 1. The summed E-state index contributed by atoms with van der Waals surface area (Å²) in [7, 11) is 0. The summed E-state index contributed by atoms with van der Waals surface area (Å²) < 4.78 is 9.22. The highest BCUT2D eigenvalue weighted by Gasteiger charge is 2.44. The maximum absolute atomic E-state index is 11.3. The Bertz CT molecular complexity index is 1020. The van der Waals surface area contributed by atoms with Crippen LogP contribution in [0, 0.1) is 0 Å². The second-order valence-electron chi connectivity index (χ2n) is 6.59. The molecule has 0 unspecified atom stereocenters. The number of aromatic nitrogens is 7. The van der Waals surface area contributed by atoms with E-state index >= 15 is 0 Å². The summed E-state index contributed by atoms with van der Waals surface area (Å²) in [5, 5.41) is 23.6. The van der Waals surface area contributed by atoms with E-state index in [4.69, 9.17) is 20.4 Å². The SMILES string of the molecule is NC(=O)Cc1nc([C@H]2C[C@@H]3CC[C@H]2O3)n(-c2ccc3nncn3n2)n1.O=CO. The van der Waals surface area contributed by atoms with Gasteiger partial charge in [-0.2, -0.15) is 9.20 Å². The molecule has 3 atom stereocenters. The van der Waals surface area contributed by atoms with Crippen LogP contribution in [0.4, 0.5) is 0 Å². The molecule has 0 spiro atoms. The molecule has 12 heteroatoms. The number of fused-ring (bicyclic) bond motifs is 3. The molecule has 5 heterocycles. The molecule has 12 nitrogen and oxygen atoms in total. The average Bonchev–Trinajstić information content (AvgIpc) is 3.44. The zero-order valence-corrected chi connectivity index (χ0v) is 14.7. The number of ether oxygens (including phenoxy) is 1. The maximum Gasteiger partial charge on any atom is 0.290 e. The molecule has 5 rings (SSSR count). The maximum atomic E-state index is 11.3. The lowest BCUT2D eigenvalue weighted by Crippen LogP contribution is -2.19. The Labute approximate surface area is 158 Å². The van der Waals surface area contributed by atoms with Crippen molar-refractivity contribution >= 4 is 18.0 Å². The minimum atomic E-state index is -0.463. The molecule has 0 aliphatic carbocycles. The van der Waals surface area contributed by atoms with Crippen LogP contribution in [0.5, 0.6) is 0 Å². The third-order valence-electron chi connectivity index (χ3n) is 4.81. The zero-order valence-electron chi connectivity index (χ0n) is 14.7. The number of nitrogens with zero attached hydrogens (tertiary/aromatic N) is 7. The summed E-state index contributed by atoms with van der Waals surface area (Å²) in [4.78, 5) is 24.2. The first-order valence-corrected chi connectivity index (χ1v) is 8.74. The molecule has 3 N–H and O–H groups in total. The molecule has 3 aromatic rings. The van der Waals surface area contributed by atoms with Crippen LogP contribution in [-0.4, -0.2) is 64.3 Å². The molecule has 3 aromatic heterocycles. The summed E-state index contributed by atoms with van der Waals surface area (Å²) in [6.45, 7) is -0.250. The Morgan fingerprint density at radius 1 is 1.36 bits per heavy atom. The highest BCUT2D eigenvalue weighted by atomic mass is 16.5. The van der Waals surface area contributed by atoms with Crippen LogP contribution in [0.1, 0.15) is 36.8 Å². The number of primary amides is 1. The third-order valence-corrected chi connectivity index (χ3v) is 4.81. The minimum Gasteiger partial charge on any atom is -0.483 e. The lowest BCUT2D eigenvalue weighted by Gasteiger charge is -2.18. The molecule has 2 aliphatic heterocycles. The Kier molecular flexibility index (Phi) is 4.69. The van der Waals surface area contributed by atoms with Crippen LogP contribution in [0.25, 0.3) is 11.5 Å². The second-order valence-corrected chi connectivity index (χ2v) is 6.59. The van der Waals surface area contributed by atoms with Crippen molar-refractivity contribution in [2.75, 3.05) is 0 Å². The standard InChI is InChI=1S/C15H16N8O2.CH2O2/c16-11(24)6-12-18-15(9-5-8-1-2-10(9)25-8)23(20-12)14-4-3-13-19-17-7-22(13)21-14;2-1-3/h3-4,7-10H,1-2,5-6H2,(H2,16,24);1H,(H,2,3)/t8-,9-,10+;/m0./s1. The number of nitrogens with two attached hydrogens (primary N) is 1. The van der Waals surface area contributed by atoms with Gasteiger partial charge in [0.15, 0.2) is 17.3 Å². The lowest BCUT2D eigenvalue weighted by molar-refractivity contribution is -0.123. The van der Waals surface area contributed by atoms with Crippen molar-refractivity contribution in [3.05, 3.63) is 30.1 Å². The van der Waals surface area contributed by atoms with E-state index in [1.807, 2.05) is 12.1 Å². The number of hydrogen-bond donors (Lipinski definition) is 2. The van der Waals surface area contributed by atoms with Gasteiger partial charge in [0.05, 0.1) is 18.6 Å². The van der Waals surface area contributed by atoms with Crippen LogP contribution in [0.15, 0.2) is 18.5 Å². The quantitative estimate of drug-likeness (QED) is 0.561. The largest absolute Gasteiger partial charge is 0.483 e. The predicted octanol–water partition coefficient (Wildman–Crippen LogP) is -0.531. The van der Waals surface area contributed by atoms with Crippen molar-refractivity contribution in [2.24, 2.45) is 5.73 Å². The van der Waals surface area contributed by atoms with Crippen molar-refractivity contribution in [1.29, 1.82) is 0 Å². The summed E-state index contributed by atoms with van der Waals surface area (Å²) in [6.07, 6.45) is 4.98. The molecule has 1 amide bonds. The second kappa shape index (κ2) is 7.31. The number of hydrogen-bond acceptors (Lipinski definition) is 8. The molecule has 2 bridgehead atoms. The van der Waals surface area contributed by atoms with Gasteiger partial charge in [0, 0.05) is 5.92 Å². The Hall–Kier alpha value is -3.41. The first-order valence-electron chi connectivity index (χ1n) is 8.74. The van der Waals surface area contributed by atoms with Gasteiger partial charge in [0.25, 0.3) is 6.47 Å². The van der Waals surface area contributed by atoms with Gasteiger partial charge in [-0.1, -0.05) is 0 Å². The van der Waals surface area contributed by atoms with E-state index in [2.05, 4.69) is 25.4 Å². The number of rotatable bonds is 4. The normalized spacial score (nSPS) is 22.8. The first kappa shape index (κ1) is 18.0. The van der Waals surface area contributed by atoms with E-state index in [-0.39, 0.29) is 31.0 Å². The van der Waals surface area contributed by atoms with Crippen LogP contribution < -0.4 is 5.73 Å². The molecule has 0 saturated carbocycles. The Morgan fingerprint density at radius 2 is 2.18 bits per heavy atom. The molecule has 146 valence electrons. The van der Waals surface area contributed by atoms with E-state index in [0.717, 1.165) is 25.1 Å². The van der Waals surface area contributed by atoms with Gasteiger partial charge < -0.3 is 15.6 Å². The summed E-state index contributed by atoms with van der Waals surface area (Å²) in [5.41, 5.74) is 5.95. The monoisotopic (exact) mass is 386 g/mol. The fourth-order valence-corrected chi connectivity index (χ4v) is 3.75. The molecule has 28 heavy (non-hydrogen) atoms. The van der Waals surface area contributed by atoms with Gasteiger partial charge in [0.2, 0.25) is 5.91 Å². The van der Waals surface area contributed by atoms with Crippen molar-refractivity contribution in [3.8, 4) is 5.82 Å². The summed E-state index contributed by atoms with van der Waals surface area (Å²) in [5.74, 6) is 1.44. The fourth-order valence-electron chi connectivity index (χ4n) is 3.75. The van der Waals surface area contributed by atoms with Gasteiger partial charge in [-0.25, -0.2) is 4.98 Å². The van der Waals surface area contributed by atoms with Gasteiger partial charge in [0.1, 0.15) is 12.2 Å². The highest BCUT2D eigenvalue weighted by Crippen LogP contribution is 2.44. The van der Waals surface area contributed by atoms with Crippen LogP contribution in [0.2, 0.25) is 0 Å². The fraction of sp³-hybridized carbons (Fsp3) is 0.438. The Morgan fingerprint density at radius 3 is 2.86 bits per heavy atom. The van der Waals surface area contributed by atoms with E-state index < -0.39 is 5.91 Å². The van der Waals surface area contributed by atoms with Crippen molar-refractivity contribution in [2.45, 2.75) is 43.8 Å². The van der Waals surface area contributed by atoms with Crippen LogP contribution in [0.3, 0.4) is 0 Å². The van der Waals surface area contributed by atoms with E-state index in [0.29, 0.717) is 17.3 Å². The topological polar surface area (TPSA) is 163 Å². The van der Waals surface area contributed by atoms with E-state index in [9.17, 15) is 4.79 Å². The molecule has 2 aliphatic rings.